The molecule has 9 heteroatoms. The van der Waals surface area contributed by atoms with Crippen LogP contribution in [0.2, 0.25) is 0 Å². The average Bonchev–Trinajstić information content (AvgIpc) is 3.40. The maximum absolute atomic E-state index is 13.4. The normalized spacial score (nSPS) is 16.5. The lowest BCUT2D eigenvalue weighted by Gasteiger charge is -2.31. The Balaban J connectivity index is 1.43. The number of hydrogen-bond donors (Lipinski definition) is 1. The number of benzene rings is 1. The third-order valence-corrected chi connectivity index (χ3v) is 6.39. The van der Waals surface area contributed by atoms with Crippen LogP contribution in [0.1, 0.15) is 40.5 Å². The summed E-state index contributed by atoms with van der Waals surface area (Å²) < 4.78 is 19.1. The summed E-state index contributed by atoms with van der Waals surface area (Å²) in [6, 6.07) is 4.26. The molecule has 31 heavy (non-hydrogen) atoms. The van der Waals surface area contributed by atoms with E-state index in [-0.39, 0.29) is 24.1 Å². The minimum absolute atomic E-state index is 0.243. The number of carbonyl (C=O) groups excluding carboxylic acids is 2. The Kier molecular flexibility index (Phi) is 6.45. The van der Waals surface area contributed by atoms with Crippen molar-refractivity contribution >= 4 is 34.0 Å². The number of likely N-dealkylation sites (N-methyl/N-ethyl adjacent to an activating group) is 1. The van der Waals surface area contributed by atoms with Gasteiger partial charge in [-0.3, -0.25) is 14.5 Å². The van der Waals surface area contributed by atoms with Gasteiger partial charge in [-0.15, -0.1) is 11.3 Å². The van der Waals surface area contributed by atoms with Gasteiger partial charge in [-0.1, -0.05) is 6.92 Å². The Bertz CT molecular complexity index is 1090. The number of ether oxygens (including phenoxy) is 1. The van der Waals surface area contributed by atoms with Crippen LogP contribution in [0, 0.1) is 5.82 Å². The van der Waals surface area contributed by atoms with Crippen molar-refractivity contribution in [2.75, 3.05) is 39.8 Å². The Morgan fingerprint density at radius 1 is 1.29 bits per heavy atom. The third kappa shape index (κ3) is 4.84. The number of nitrogens with zero attached hydrogens (tertiary/aromatic N) is 3. The van der Waals surface area contributed by atoms with Crippen LogP contribution in [0.3, 0.4) is 0 Å². The molecule has 1 saturated heterocycles. The molecule has 7 nitrogen and oxygen atoms in total. The number of esters is 1. The highest BCUT2D eigenvalue weighted by molar-refractivity contribution is 7.12. The Morgan fingerprint density at radius 2 is 2.06 bits per heavy atom. The molecule has 0 aliphatic carbocycles. The molecule has 1 fully saturated rings. The average molecular weight is 445 g/mol. The van der Waals surface area contributed by atoms with Gasteiger partial charge in [0, 0.05) is 48.7 Å². The quantitative estimate of drug-likeness (QED) is 0.445. The van der Waals surface area contributed by atoms with Gasteiger partial charge in [-0.05, 0) is 31.7 Å². The van der Waals surface area contributed by atoms with Gasteiger partial charge < -0.3 is 14.6 Å². The molecule has 0 saturated carbocycles. The van der Waals surface area contributed by atoms with E-state index in [9.17, 15) is 14.0 Å². The number of ketones is 1. The number of H-pyrrole nitrogens is 1. The zero-order valence-corrected chi connectivity index (χ0v) is 18.4. The molecule has 0 bridgehead atoms. The molecule has 1 aliphatic rings. The molecule has 1 atom stereocenters. The van der Waals surface area contributed by atoms with E-state index in [1.54, 1.807) is 17.6 Å². The molecule has 4 rings (SSSR count). The van der Waals surface area contributed by atoms with Crippen molar-refractivity contribution in [3.05, 3.63) is 51.9 Å². The molecule has 2 aromatic heterocycles. The molecular formula is C22H25FN4O3S. The SMILES string of the molecule is CC[C@H](OC(=O)CN1CCN(C)CC1)c1csc(C(=O)c2c[nH]c3cc(F)ccc23)n1. The molecule has 1 aromatic carbocycles. The second-order valence-corrected chi connectivity index (χ2v) is 8.62. The maximum atomic E-state index is 13.4. The van der Waals surface area contributed by atoms with E-state index in [4.69, 9.17) is 4.74 Å². The van der Waals surface area contributed by atoms with Crippen LogP contribution in [0.15, 0.2) is 29.8 Å². The van der Waals surface area contributed by atoms with Crippen LogP contribution in [0.5, 0.6) is 0 Å². The molecule has 3 aromatic rings. The van der Waals surface area contributed by atoms with Gasteiger partial charge in [0.25, 0.3) is 0 Å². The van der Waals surface area contributed by atoms with Crippen LogP contribution in [0.25, 0.3) is 10.9 Å². The molecule has 164 valence electrons. The van der Waals surface area contributed by atoms with Crippen LogP contribution in [-0.4, -0.2) is 71.3 Å². The van der Waals surface area contributed by atoms with Gasteiger partial charge in [0.2, 0.25) is 5.78 Å². The van der Waals surface area contributed by atoms with Crippen molar-refractivity contribution in [3.63, 3.8) is 0 Å². The fraction of sp³-hybridized carbons (Fsp3) is 0.409. The largest absolute Gasteiger partial charge is 0.455 e. The summed E-state index contributed by atoms with van der Waals surface area (Å²) in [4.78, 5) is 37.1. The number of thiazole rings is 1. The molecule has 1 aliphatic heterocycles. The highest BCUT2D eigenvalue weighted by Gasteiger charge is 2.24. The van der Waals surface area contributed by atoms with Crippen molar-refractivity contribution in [2.24, 2.45) is 0 Å². The lowest BCUT2D eigenvalue weighted by atomic mass is 10.1. The van der Waals surface area contributed by atoms with E-state index in [0.29, 0.717) is 33.6 Å². The smallest absolute Gasteiger partial charge is 0.320 e. The maximum Gasteiger partial charge on any atom is 0.320 e. The Hall–Kier alpha value is -2.62. The Morgan fingerprint density at radius 3 is 2.81 bits per heavy atom. The summed E-state index contributed by atoms with van der Waals surface area (Å²) in [5, 5.41) is 2.72. The fourth-order valence-corrected chi connectivity index (χ4v) is 4.49. The van der Waals surface area contributed by atoms with E-state index in [1.165, 1.54) is 23.5 Å². The fourth-order valence-electron chi connectivity index (χ4n) is 3.68. The molecule has 1 N–H and O–H groups in total. The van der Waals surface area contributed by atoms with E-state index in [0.717, 1.165) is 26.2 Å². The van der Waals surface area contributed by atoms with Gasteiger partial charge in [0.15, 0.2) is 5.01 Å². The van der Waals surface area contributed by atoms with E-state index < -0.39 is 6.10 Å². The van der Waals surface area contributed by atoms with E-state index in [1.807, 2.05) is 6.92 Å². The number of aromatic nitrogens is 2. The van der Waals surface area contributed by atoms with Crippen LogP contribution < -0.4 is 0 Å². The van der Waals surface area contributed by atoms with Crippen LogP contribution in [0.4, 0.5) is 4.39 Å². The molecular weight excluding hydrogens is 419 g/mol. The summed E-state index contributed by atoms with van der Waals surface area (Å²) in [5.41, 5.74) is 1.58. The number of rotatable bonds is 7. The number of hydrogen-bond acceptors (Lipinski definition) is 7. The summed E-state index contributed by atoms with van der Waals surface area (Å²) in [6.07, 6.45) is 1.65. The van der Waals surface area contributed by atoms with Crippen molar-refractivity contribution in [3.8, 4) is 0 Å². The number of halogens is 1. The molecule has 0 radical (unpaired) electrons. The number of nitrogens with one attached hydrogen (secondary N) is 1. The molecule has 3 heterocycles. The first-order valence-corrected chi connectivity index (χ1v) is 11.2. The number of carbonyl (C=O) groups is 2. The summed E-state index contributed by atoms with van der Waals surface area (Å²) in [7, 11) is 2.07. The lowest BCUT2D eigenvalue weighted by Crippen LogP contribution is -2.46. The molecule has 0 unspecified atom stereocenters. The predicted molar refractivity (Wildman–Crippen MR) is 117 cm³/mol. The third-order valence-electron chi connectivity index (χ3n) is 5.53. The Labute approximate surface area is 183 Å². The number of aromatic amines is 1. The highest BCUT2D eigenvalue weighted by Crippen LogP contribution is 2.27. The minimum Gasteiger partial charge on any atom is -0.455 e. The topological polar surface area (TPSA) is 78.5 Å². The van der Waals surface area contributed by atoms with Crippen LogP contribution in [-0.2, 0) is 9.53 Å². The first kappa shape index (κ1) is 21.6. The minimum atomic E-state index is -0.491. The van der Waals surface area contributed by atoms with Crippen LogP contribution >= 0.6 is 11.3 Å². The lowest BCUT2D eigenvalue weighted by molar-refractivity contribution is -0.151. The van der Waals surface area contributed by atoms with Crippen molar-refractivity contribution in [2.45, 2.75) is 19.4 Å². The van der Waals surface area contributed by atoms with Gasteiger partial charge in [0.1, 0.15) is 11.9 Å². The number of piperazine rings is 1. The van der Waals surface area contributed by atoms with Crippen molar-refractivity contribution in [1.82, 2.24) is 19.8 Å². The zero-order valence-electron chi connectivity index (χ0n) is 17.6. The van der Waals surface area contributed by atoms with Gasteiger partial charge in [0.05, 0.1) is 17.8 Å². The summed E-state index contributed by atoms with van der Waals surface area (Å²) in [6.45, 7) is 5.72. The second-order valence-electron chi connectivity index (χ2n) is 7.77. The molecule has 0 amide bonds. The second kappa shape index (κ2) is 9.25. The van der Waals surface area contributed by atoms with Crippen molar-refractivity contribution in [1.29, 1.82) is 0 Å². The predicted octanol–water partition coefficient (Wildman–Crippen LogP) is 3.24. The van der Waals surface area contributed by atoms with Gasteiger partial charge in [-0.2, -0.15) is 0 Å². The van der Waals surface area contributed by atoms with Gasteiger partial charge >= 0.3 is 5.97 Å². The van der Waals surface area contributed by atoms with E-state index in [2.05, 4.69) is 26.8 Å². The standard InChI is InChI=1S/C22H25FN4O3S/c1-3-19(30-20(28)12-27-8-6-26(2)7-9-27)18-13-31-22(25-18)21(29)16-11-24-17-10-14(23)4-5-15(16)17/h4-5,10-11,13,19,24H,3,6-9,12H2,1-2H3/t19-/m0/s1. The highest BCUT2D eigenvalue weighted by atomic mass is 32.1. The van der Waals surface area contributed by atoms with Gasteiger partial charge in [-0.25, -0.2) is 9.37 Å². The summed E-state index contributed by atoms with van der Waals surface area (Å²) in [5.74, 6) is -0.891. The first-order chi connectivity index (χ1) is 14.9. The molecule has 0 spiro atoms. The summed E-state index contributed by atoms with van der Waals surface area (Å²) >= 11 is 1.22. The number of fused-ring (bicyclic) bond motifs is 1. The van der Waals surface area contributed by atoms with E-state index >= 15 is 0 Å². The first-order valence-electron chi connectivity index (χ1n) is 10.3. The monoisotopic (exact) mass is 444 g/mol. The van der Waals surface area contributed by atoms with Crippen molar-refractivity contribution < 1.29 is 18.7 Å². The zero-order chi connectivity index (χ0) is 22.0.